The van der Waals surface area contributed by atoms with Gasteiger partial charge in [0.15, 0.2) is 5.82 Å². The number of rotatable bonds is 2. The lowest BCUT2D eigenvalue weighted by Crippen LogP contribution is -1.91. The van der Waals surface area contributed by atoms with Gasteiger partial charge in [0.05, 0.1) is 5.38 Å². The molecule has 0 N–H and O–H groups in total. The lowest BCUT2D eigenvalue weighted by atomic mass is 10.2. The summed E-state index contributed by atoms with van der Waals surface area (Å²) in [6, 6.07) is 3.49. The van der Waals surface area contributed by atoms with E-state index in [2.05, 4.69) is 10.1 Å². The molecule has 3 nitrogen and oxygen atoms in total. The second-order valence-corrected chi connectivity index (χ2v) is 3.83. The van der Waals surface area contributed by atoms with Crippen molar-refractivity contribution in [3.05, 3.63) is 35.7 Å². The van der Waals surface area contributed by atoms with Gasteiger partial charge in [0.1, 0.15) is 17.2 Å². The van der Waals surface area contributed by atoms with Crippen molar-refractivity contribution in [2.45, 2.75) is 12.3 Å². The molecule has 0 aliphatic carbocycles. The lowest BCUT2D eigenvalue weighted by Gasteiger charge is -1.97. The third-order valence-electron chi connectivity index (χ3n) is 1.97. The molecule has 1 aromatic heterocycles. The van der Waals surface area contributed by atoms with E-state index in [9.17, 15) is 8.78 Å². The molecule has 6 heteroatoms. The summed E-state index contributed by atoms with van der Waals surface area (Å²) < 4.78 is 31.4. The zero-order chi connectivity index (χ0) is 11.7. The second kappa shape index (κ2) is 4.17. The van der Waals surface area contributed by atoms with Crippen molar-refractivity contribution in [2.24, 2.45) is 0 Å². The van der Waals surface area contributed by atoms with Crippen LogP contribution in [0, 0.1) is 11.6 Å². The van der Waals surface area contributed by atoms with Gasteiger partial charge in [0.2, 0.25) is 0 Å². The summed E-state index contributed by atoms with van der Waals surface area (Å²) >= 11 is 5.71. The van der Waals surface area contributed by atoms with E-state index in [0.717, 1.165) is 12.1 Å². The summed E-state index contributed by atoms with van der Waals surface area (Å²) in [6.07, 6.45) is 0. The van der Waals surface area contributed by atoms with E-state index < -0.39 is 17.0 Å². The topological polar surface area (TPSA) is 38.9 Å². The van der Waals surface area contributed by atoms with E-state index in [4.69, 9.17) is 16.1 Å². The predicted molar refractivity (Wildman–Crippen MR) is 53.9 cm³/mol. The first-order valence-electron chi connectivity index (χ1n) is 4.51. The minimum atomic E-state index is -0.752. The average Bonchev–Trinajstić information content (AvgIpc) is 2.66. The van der Waals surface area contributed by atoms with Gasteiger partial charge in [-0.3, -0.25) is 0 Å². The van der Waals surface area contributed by atoms with Crippen molar-refractivity contribution < 1.29 is 13.3 Å². The van der Waals surface area contributed by atoms with Crippen LogP contribution in [-0.2, 0) is 0 Å². The van der Waals surface area contributed by atoms with Crippen molar-refractivity contribution in [1.29, 1.82) is 0 Å². The molecule has 0 radical (unpaired) electrons. The molecule has 0 saturated carbocycles. The highest BCUT2D eigenvalue weighted by molar-refractivity contribution is 6.20. The van der Waals surface area contributed by atoms with Crippen LogP contribution in [0.5, 0.6) is 0 Å². The summed E-state index contributed by atoms with van der Waals surface area (Å²) in [5.74, 6) is -1.52. The van der Waals surface area contributed by atoms with Crippen molar-refractivity contribution in [3.8, 4) is 11.5 Å². The molecule has 1 aromatic carbocycles. The molecule has 1 heterocycles. The van der Waals surface area contributed by atoms with Crippen LogP contribution < -0.4 is 0 Å². The molecule has 16 heavy (non-hydrogen) atoms. The zero-order valence-electron chi connectivity index (χ0n) is 8.25. The zero-order valence-corrected chi connectivity index (χ0v) is 9.00. The maximum absolute atomic E-state index is 13.3. The Kier molecular flexibility index (Phi) is 2.87. The maximum atomic E-state index is 13.3. The maximum Gasteiger partial charge on any atom is 0.263 e. The second-order valence-electron chi connectivity index (χ2n) is 3.17. The molecule has 1 atom stereocenters. The smallest absolute Gasteiger partial charge is 0.263 e. The predicted octanol–water partition coefficient (Wildman–Crippen LogP) is 3.31. The van der Waals surface area contributed by atoms with Crippen molar-refractivity contribution in [1.82, 2.24) is 10.1 Å². The SMILES string of the molecule is CC(Cl)c1noc(-c2c(F)cccc2F)n1. The van der Waals surface area contributed by atoms with Crippen molar-refractivity contribution in [2.75, 3.05) is 0 Å². The van der Waals surface area contributed by atoms with E-state index >= 15 is 0 Å². The summed E-state index contributed by atoms with van der Waals surface area (Å²) in [4.78, 5) is 3.81. The Hall–Kier alpha value is -1.49. The molecule has 0 fully saturated rings. The fourth-order valence-corrected chi connectivity index (χ4v) is 1.29. The van der Waals surface area contributed by atoms with Crippen LogP contribution in [-0.4, -0.2) is 10.1 Å². The van der Waals surface area contributed by atoms with Gasteiger partial charge in [0, 0.05) is 0 Å². The Morgan fingerprint density at radius 1 is 1.31 bits per heavy atom. The standard InChI is InChI=1S/C10H7ClF2N2O/c1-5(11)9-14-10(16-15-9)8-6(12)3-2-4-7(8)13/h2-5H,1H3. The minimum Gasteiger partial charge on any atom is -0.334 e. The molecule has 0 aliphatic rings. The molecule has 0 amide bonds. The molecule has 0 saturated heterocycles. The highest BCUT2D eigenvalue weighted by Crippen LogP contribution is 2.26. The van der Waals surface area contributed by atoms with Gasteiger partial charge >= 0.3 is 0 Å². The third kappa shape index (κ3) is 1.90. The highest BCUT2D eigenvalue weighted by Gasteiger charge is 2.19. The Bertz CT molecular complexity index is 493. The van der Waals surface area contributed by atoms with Crippen LogP contribution in [0.2, 0.25) is 0 Å². The van der Waals surface area contributed by atoms with E-state index in [1.165, 1.54) is 6.07 Å². The first kappa shape index (κ1) is 11.0. The van der Waals surface area contributed by atoms with Gasteiger partial charge in [-0.1, -0.05) is 11.2 Å². The molecular weight excluding hydrogens is 238 g/mol. The number of nitrogens with zero attached hydrogens (tertiary/aromatic N) is 2. The van der Waals surface area contributed by atoms with E-state index in [-0.39, 0.29) is 17.3 Å². The normalized spacial score (nSPS) is 12.8. The summed E-state index contributed by atoms with van der Waals surface area (Å²) in [5, 5.41) is 3.04. The average molecular weight is 245 g/mol. The van der Waals surface area contributed by atoms with Crippen LogP contribution >= 0.6 is 11.6 Å². The molecule has 2 rings (SSSR count). The van der Waals surface area contributed by atoms with Crippen molar-refractivity contribution in [3.63, 3.8) is 0 Å². The fourth-order valence-electron chi connectivity index (χ4n) is 1.20. The van der Waals surface area contributed by atoms with E-state index in [1.807, 2.05) is 0 Å². The Labute approximate surface area is 95.0 Å². The lowest BCUT2D eigenvalue weighted by molar-refractivity contribution is 0.417. The quantitative estimate of drug-likeness (QED) is 0.761. The van der Waals surface area contributed by atoms with Crippen LogP contribution in [0.25, 0.3) is 11.5 Å². The monoisotopic (exact) mass is 244 g/mol. The van der Waals surface area contributed by atoms with Gasteiger partial charge in [-0.15, -0.1) is 11.6 Å². The van der Waals surface area contributed by atoms with Crippen LogP contribution in [0.1, 0.15) is 18.1 Å². The Balaban J connectivity index is 2.50. The van der Waals surface area contributed by atoms with Crippen LogP contribution in [0.4, 0.5) is 8.78 Å². The fraction of sp³-hybridized carbons (Fsp3) is 0.200. The summed E-state index contributed by atoms with van der Waals surface area (Å²) in [5.41, 5.74) is -0.335. The van der Waals surface area contributed by atoms with Crippen LogP contribution in [0.15, 0.2) is 22.7 Å². The molecule has 0 spiro atoms. The van der Waals surface area contributed by atoms with Gasteiger partial charge in [-0.05, 0) is 19.1 Å². The van der Waals surface area contributed by atoms with Gasteiger partial charge in [0.25, 0.3) is 5.89 Å². The number of hydrogen-bond donors (Lipinski definition) is 0. The molecular formula is C10H7ClF2N2O. The minimum absolute atomic E-state index is 0.194. The highest BCUT2D eigenvalue weighted by atomic mass is 35.5. The largest absolute Gasteiger partial charge is 0.334 e. The number of hydrogen-bond acceptors (Lipinski definition) is 3. The third-order valence-corrected chi connectivity index (χ3v) is 2.17. The summed E-state index contributed by atoms with van der Waals surface area (Å²) in [6.45, 7) is 1.63. The van der Waals surface area contributed by atoms with Gasteiger partial charge in [-0.25, -0.2) is 8.78 Å². The first-order valence-corrected chi connectivity index (χ1v) is 4.95. The number of aromatic nitrogens is 2. The molecule has 0 bridgehead atoms. The number of benzene rings is 1. The Morgan fingerprint density at radius 3 is 2.44 bits per heavy atom. The van der Waals surface area contributed by atoms with Crippen LogP contribution in [0.3, 0.4) is 0 Å². The Morgan fingerprint density at radius 2 is 1.94 bits per heavy atom. The van der Waals surface area contributed by atoms with Gasteiger partial charge in [-0.2, -0.15) is 4.98 Å². The number of alkyl halides is 1. The number of halogens is 3. The molecule has 84 valence electrons. The molecule has 1 unspecified atom stereocenters. The van der Waals surface area contributed by atoms with Gasteiger partial charge < -0.3 is 4.52 Å². The molecule has 2 aromatic rings. The van der Waals surface area contributed by atoms with Crippen molar-refractivity contribution >= 4 is 11.6 Å². The summed E-state index contributed by atoms with van der Waals surface area (Å²) in [7, 11) is 0. The van der Waals surface area contributed by atoms with E-state index in [1.54, 1.807) is 6.92 Å². The van der Waals surface area contributed by atoms with E-state index in [0.29, 0.717) is 0 Å². The molecule has 0 aliphatic heterocycles. The first-order chi connectivity index (χ1) is 7.59.